The van der Waals surface area contributed by atoms with Gasteiger partial charge in [0, 0.05) is 18.2 Å². The minimum atomic E-state index is -0.220. The smallest absolute Gasteiger partial charge is 0.123 e. The highest BCUT2D eigenvalue weighted by Gasteiger charge is 2.13. The van der Waals surface area contributed by atoms with Gasteiger partial charge >= 0.3 is 0 Å². The van der Waals surface area contributed by atoms with Gasteiger partial charge in [-0.25, -0.2) is 4.39 Å². The lowest BCUT2D eigenvalue weighted by Gasteiger charge is -2.20. The summed E-state index contributed by atoms with van der Waals surface area (Å²) in [6.45, 7) is 0.754. The molecule has 0 unspecified atom stereocenters. The van der Waals surface area contributed by atoms with Gasteiger partial charge < -0.3 is 5.32 Å². The molecular weight excluding hydrogens is 179 g/mol. The van der Waals surface area contributed by atoms with Gasteiger partial charge in [-0.15, -0.1) is 0 Å². The fourth-order valence-corrected chi connectivity index (χ4v) is 1.65. The third-order valence-electron chi connectivity index (χ3n) is 2.28. The van der Waals surface area contributed by atoms with Crippen molar-refractivity contribution < 1.29 is 4.39 Å². The second-order valence-corrected chi connectivity index (χ2v) is 3.17. The van der Waals surface area contributed by atoms with Crippen LogP contribution in [0.1, 0.15) is 11.1 Å². The number of hydrogen-bond donors (Lipinski definition) is 1. The number of hydrogen-bond acceptors (Lipinski definition) is 2. The van der Waals surface area contributed by atoms with E-state index in [0.717, 1.165) is 29.8 Å². The Morgan fingerprint density at radius 2 is 2.36 bits per heavy atom. The molecule has 0 saturated heterocycles. The third kappa shape index (κ3) is 1.47. The van der Waals surface area contributed by atoms with E-state index in [4.69, 9.17) is 5.26 Å². The van der Waals surface area contributed by atoms with Crippen molar-refractivity contribution in [2.45, 2.75) is 6.42 Å². The van der Waals surface area contributed by atoms with Gasteiger partial charge in [0.1, 0.15) is 5.82 Å². The second-order valence-electron chi connectivity index (χ2n) is 3.17. The molecular formula is C11H9FN2. The van der Waals surface area contributed by atoms with Crippen LogP contribution in [-0.4, -0.2) is 6.54 Å². The fourth-order valence-electron chi connectivity index (χ4n) is 1.65. The monoisotopic (exact) mass is 188 g/mol. The SMILES string of the molecule is N#C/C=C1/NCCc2cc(F)ccc21. The van der Waals surface area contributed by atoms with Crippen LogP contribution in [0.3, 0.4) is 0 Å². The number of halogens is 1. The lowest BCUT2D eigenvalue weighted by Crippen LogP contribution is -2.22. The van der Waals surface area contributed by atoms with Crippen LogP contribution in [-0.2, 0) is 6.42 Å². The zero-order valence-corrected chi connectivity index (χ0v) is 7.55. The molecule has 1 aliphatic rings. The molecule has 1 N–H and O–H groups in total. The van der Waals surface area contributed by atoms with Crippen LogP contribution in [0.4, 0.5) is 4.39 Å². The normalized spacial score (nSPS) is 17.0. The summed E-state index contributed by atoms with van der Waals surface area (Å²) in [5.74, 6) is -0.220. The Bertz CT molecular complexity index is 429. The summed E-state index contributed by atoms with van der Waals surface area (Å²) in [4.78, 5) is 0. The minimum Gasteiger partial charge on any atom is -0.384 e. The van der Waals surface area contributed by atoms with Gasteiger partial charge in [-0.2, -0.15) is 5.26 Å². The lowest BCUT2D eigenvalue weighted by atomic mass is 9.98. The molecule has 0 radical (unpaired) electrons. The molecule has 0 aromatic heterocycles. The van der Waals surface area contributed by atoms with E-state index >= 15 is 0 Å². The molecule has 70 valence electrons. The Hall–Kier alpha value is -1.82. The molecule has 0 saturated carbocycles. The number of nitrogens with one attached hydrogen (secondary N) is 1. The summed E-state index contributed by atoms with van der Waals surface area (Å²) in [5.41, 5.74) is 2.68. The Morgan fingerprint density at radius 3 is 3.14 bits per heavy atom. The quantitative estimate of drug-likeness (QED) is 0.630. The highest BCUT2D eigenvalue weighted by molar-refractivity contribution is 5.70. The van der Waals surface area contributed by atoms with Gasteiger partial charge in [0.15, 0.2) is 0 Å². The molecule has 0 spiro atoms. The summed E-state index contributed by atoms with van der Waals surface area (Å²) >= 11 is 0. The maximum absolute atomic E-state index is 12.9. The predicted octanol–water partition coefficient (Wildman–Crippen LogP) is 1.84. The summed E-state index contributed by atoms with van der Waals surface area (Å²) in [6.07, 6.45) is 2.26. The third-order valence-corrected chi connectivity index (χ3v) is 2.28. The molecule has 2 nitrogen and oxygen atoms in total. The molecule has 2 rings (SSSR count). The Morgan fingerprint density at radius 1 is 1.50 bits per heavy atom. The van der Waals surface area contributed by atoms with E-state index in [0.29, 0.717) is 0 Å². The maximum atomic E-state index is 12.9. The summed E-state index contributed by atoms with van der Waals surface area (Å²) in [5, 5.41) is 11.7. The van der Waals surface area contributed by atoms with E-state index in [1.807, 2.05) is 6.07 Å². The van der Waals surface area contributed by atoms with Gasteiger partial charge in [-0.3, -0.25) is 0 Å². The molecule has 0 fully saturated rings. The van der Waals surface area contributed by atoms with E-state index in [1.165, 1.54) is 18.2 Å². The highest BCUT2D eigenvalue weighted by Crippen LogP contribution is 2.22. The van der Waals surface area contributed by atoms with Gasteiger partial charge in [0.05, 0.1) is 11.8 Å². The van der Waals surface area contributed by atoms with Crippen LogP contribution < -0.4 is 5.32 Å². The average Bonchev–Trinajstić information content (AvgIpc) is 2.18. The first-order chi connectivity index (χ1) is 6.81. The first-order valence-electron chi connectivity index (χ1n) is 4.44. The molecule has 0 atom stereocenters. The molecule has 3 heteroatoms. The average molecular weight is 188 g/mol. The first kappa shape index (κ1) is 8.76. The van der Waals surface area contributed by atoms with Crippen molar-refractivity contribution in [3.63, 3.8) is 0 Å². The summed E-state index contributed by atoms with van der Waals surface area (Å²) in [7, 11) is 0. The second kappa shape index (κ2) is 3.51. The lowest BCUT2D eigenvalue weighted by molar-refractivity contribution is 0.623. The van der Waals surface area contributed by atoms with Gasteiger partial charge in [-0.05, 0) is 30.2 Å². The summed E-state index contributed by atoms with van der Waals surface area (Å²) < 4.78 is 12.9. The van der Waals surface area contributed by atoms with Gasteiger partial charge in [-0.1, -0.05) is 0 Å². The van der Waals surface area contributed by atoms with Crippen molar-refractivity contribution >= 4 is 5.70 Å². The number of allylic oxidation sites excluding steroid dienone is 1. The predicted molar refractivity (Wildman–Crippen MR) is 51.7 cm³/mol. The van der Waals surface area contributed by atoms with Gasteiger partial charge in [0.2, 0.25) is 0 Å². The van der Waals surface area contributed by atoms with Crippen molar-refractivity contribution in [1.82, 2.24) is 5.32 Å². The molecule has 0 aliphatic carbocycles. The van der Waals surface area contributed by atoms with Crippen LogP contribution >= 0.6 is 0 Å². The zero-order chi connectivity index (χ0) is 9.97. The first-order valence-corrected chi connectivity index (χ1v) is 4.44. The molecule has 1 heterocycles. The van der Waals surface area contributed by atoms with Crippen LogP contribution in [0.2, 0.25) is 0 Å². The van der Waals surface area contributed by atoms with Crippen LogP contribution in [0.25, 0.3) is 5.70 Å². The van der Waals surface area contributed by atoms with E-state index in [9.17, 15) is 4.39 Å². The fraction of sp³-hybridized carbons (Fsp3) is 0.182. The van der Waals surface area contributed by atoms with Crippen molar-refractivity contribution in [1.29, 1.82) is 5.26 Å². The van der Waals surface area contributed by atoms with E-state index in [-0.39, 0.29) is 5.82 Å². The van der Waals surface area contributed by atoms with Crippen molar-refractivity contribution in [2.24, 2.45) is 0 Å². The van der Waals surface area contributed by atoms with Gasteiger partial charge in [0.25, 0.3) is 0 Å². The molecule has 1 aliphatic heterocycles. The molecule has 1 aromatic rings. The minimum absolute atomic E-state index is 0.220. The van der Waals surface area contributed by atoms with Crippen LogP contribution in [0, 0.1) is 17.1 Å². The molecule has 0 bridgehead atoms. The highest BCUT2D eigenvalue weighted by atomic mass is 19.1. The molecule has 0 amide bonds. The van der Waals surface area contributed by atoms with E-state index < -0.39 is 0 Å². The number of nitriles is 1. The number of fused-ring (bicyclic) bond motifs is 1. The van der Waals surface area contributed by atoms with E-state index in [2.05, 4.69) is 5.32 Å². The van der Waals surface area contributed by atoms with Crippen molar-refractivity contribution in [3.8, 4) is 6.07 Å². The maximum Gasteiger partial charge on any atom is 0.123 e. The Labute approximate surface area is 81.7 Å². The topological polar surface area (TPSA) is 35.8 Å². The largest absolute Gasteiger partial charge is 0.384 e. The standard InChI is InChI=1S/C11H9FN2/c12-9-1-2-10-8(7-9)4-6-14-11(10)3-5-13/h1-3,7,14H,4,6H2/b11-3+. The Kier molecular flexibility index (Phi) is 2.19. The number of rotatable bonds is 0. The van der Waals surface area contributed by atoms with Crippen molar-refractivity contribution in [2.75, 3.05) is 6.54 Å². The van der Waals surface area contributed by atoms with Crippen molar-refractivity contribution in [3.05, 3.63) is 41.2 Å². The zero-order valence-electron chi connectivity index (χ0n) is 7.55. The van der Waals surface area contributed by atoms with Crippen LogP contribution in [0.15, 0.2) is 24.3 Å². The number of nitrogens with zero attached hydrogens (tertiary/aromatic N) is 1. The number of benzene rings is 1. The Balaban J connectivity index is 2.51. The van der Waals surface area contributed by atoms with Crippen LogP contribution in [0.5, 0.6) is 0 Å². The summed E-state index contributed by atoms with van der Waals surface area (Å²) in [6, 6.07) is 6.63. The molecule has 1 aromatic carbocycles. The van der Waals surface area contributed by atoms with E-state index in [1.54, 1.807) is 6.07 Å². The molecule has 14 heavy (non-hydrogen) atoms.